The fraction of sp³-hybridized carbons (Fsp3) is 0.515. The van der Waals surface area contributed by atoms with Crippen LogP contribution in [-0.2, 0) is 35.0 Å². The van der Waals surface area contributed by atoms with Crippen LogP contribution >= 0.6 is 0 Å². The van der Waals surface area contributed by atoms with Crippen molar-refractivity contribution in [3.05, 3.63) is 54.5 Å². The van der Waals surface area contributed by atoms with Crippen LogP contribution in [-0.4, -0.2) is 123 Å². The van der Waals surface area contributed by atoms with Crippen molar-refractivity contribution in [3.8, 4) is 11.3 Å². The second-order valence-electron chi connectivity index (χ2n) is 10.5. The van der Waals surface area contributed by atoms with Gasteiger partial charge < -0.3 is 49.8 Å². The van der Waals surface area contributed by atoms with E-state index in [1.165, 1.54) is 0 Å². The monoisotopic (exact) mass is 668 g/mol. The lowest BCUT2D eigenvalue weighted by atomic mass is 10.2. The molecule has 0 saturated heterocycles. The molecule has 0 radical (unpaired) electrons. The SMILES string of the molecule is CCCn1cc(-c2nc(Nc3ccc(C(=O)NCCOCCOCCOCCOCCOCCOCCN)cc3)nc3[nH]ccc23)cn1. The molecule has 1 amide bonds. The average Bonchev–Trinajstić information content (AvgIpc) is 3.77. The number of nitrogens with two attached hydrogens (primary N) is 1. The predicted molar refractivity (Wildman–Crippen MR) is 181 cm³/mol. The fourth-order valence-electron chi connectivity index (χ4n) is 4.51. The molecule has 262 valence electrons. The number of fused-ring (bicyclic) bond motifs is 1. The number of carbonyl (C=O) groups is 1. The summed E-state index contributed by atoms with van der Waals surface area (Å²) in [6, 6.07) is 9.10. The van der Waals surface area contributed by atoms with Crippen molar-refractivity contribution in [1.29, 1.82) is 0 Å². The number of anilines is 2. The van der Waals surface area contributed by atoms with Gasteiger partial charge in [0.25, 0.3) is 5.91 Å². The topological polar surface area (TPSA) is 182 Å². The largest absolute Gasteiger partial charge is 0.378 e. The molecule has 3 heterocycles. The standard InChI is InChI=1S/C33H48N8O7/c1-2-11-41-25-27(24-37-41)30-29-7-9-35-31(29)40-33(39-30)38-28-5-3-26(4-6-28)32(42)36-10-13-44-15-17-46-19-21-48-23-22-47-20-18-45-16-14-43-12-8-34/h3-7,9,24-25H,2,8,10-23,34H2,1H3,(H,36,42)(H2,35,38,39,40). The van der Waals surface area contributed by atoms with Gasteiger partial charge in [-0.1, -0.05) is 6.92 Å². The van der Waals surface area contributed by atoms with Crippen molar-refractivity contribution in [2.45, 2.75) is 19.9 Å². The Morgan fingerprint density at radius 1 is 0.812 bits per heavy atom. The summed E-state index contributed by atoms with van der Waals surface area (Å²) in [6.07, 6.45) is 6.65. The van der Waals surface area contributed by atoms with Gasteiger partial charge in [-0.05, 0) is 36.8 Å². The summed E-state index contributed by atoms with van der Waals surface area (Å²) in [7, 11) is 0. The molecular formula is C33H48N8O7. The summed E-state index contributed by atoms with van der Waals surface area (Å²) in [5, 5.41) is 11.5. The maximum absolute atomic E-state index is 12.6. The minimum Gasteiger partial charge on any atom is -0.378 e. The fourth-order valence-corrected chi connectivity index (χ4v) is 4.51. The van der Waals surface area contributed by atoms with Gasteiger partial charge in [0.1, 0.15) is 5.65 Å². The summed E-state index contributed by atoms with van der Waals surface area (Å²) in [5.41, 5.74) is 9.08. The third-order valence-corrected chi connectivity index (χ3v) is 6.83. The first-order valence-electron chi connectivity index (χ1n) is 16.4. The van der Waals surface area contributed by atoms with Crippen molar-refractivity contribution in [3.63, 3.8) is 0 Å². The van der Waals surface area contributed by atoms with Gasteiger partial charge in [0.05, 0.1) is 91.2 Å². The van der Waals surface area contributed by atoms with Crippen LogP contribution in [0.5, 0.6) is 0 Å². The Morgan fingerprint density at radius 3 is 2.02 bits per heavy atom. The number of nitrogens with zero attached hydrogens (tertiary/aromatic N) is 4. The number of aromatic nitrogens is 5. The van der Waals surface area contributed by atoms with Gasteiger partial charge in [-0.15, -0.1) is 0 Å². The minimum atomic E-state index is -0.182. The van der Waals surface area contributed by atoms with Crippen molar-refractivity contribution in [2.75, 3.05) is 97.7 Å². The third kappa shape index (κ3) is 12.9. The maximum Gasteiger partial charge on any atom is 0.251 e. The summed E-state index contributed by atoms with van der Waals surface area (Å²) in [5.74, 6) is 0.261. The quantitative estimate of drug-likeness (QED) is 0.0720. The normalized spacial score (nSPS) is 11.4. The second-order valence-corrected chi connectivity index (χ2v) is 10.5. The number of rotatable bonds is 26. The highest BCUT2D eigenvalue weighted by atomic mass is 16.6. The van der Waals surface area contributed by atoms with Crippen molar-refractivity contribution >= 4 is 28.6 Å². The maximum atomic E-state index is 12.6. The second kappa shape index (κ2) is 21.8. The molecule has 0 unspecified atom stereocenters. The van der Waals surface area contributed by atoms with Crippen LogP contribution in [0.1, 0.15) is 23.7 Å². The lowest BCUT2D eigenvalue weighted by Crippen LogP contribution is -2.27. The number of benzene rings is 1. The molecule has 0 aliphatic rings. The van der Waals surface area contributed by atoms with Crippen LogP contribution in [0.4, 0.5) is 11.6 Å². The predicted octanol–water partition coefficient (Wildman–Crippen LogP) is 2.76. The van der Waals surface area contributed by atoms with Gasteiger partial charge >= 0.3 is 0 Å². The van der Waals surface area contributed by atoms with E-state index in [-0.39, 0.29) is 5.91 Å². The Morgan fingerprint density at radius 2 is 1.42 bits per heavy atom. The Labute approximate surface area is 280 Å². The zero-order valence-electron chi connectivity index (χ0n) is 27.7. The molecule has 15 nitrogen and oxygen atoms in total. The number of aryl methyl sites for hydroxylation is 1. The molecule has 15 heteroatoms. The average molecular weight is 669 g/mol. The number of amides is 1. The number of carbonyl (C=O) groups excluding carboxylic acids is 1. The van der Waals surface area contributed by atoms with Crippen LogP contribution in [0.25, 0.3) is 22.3 Å². The number of nitrogens with one attached hydrogen (secondary N) is 3. The number of H-pyrrole nitrogens is 1. The molecule has 4 rings (SSSR count). The zero-order chi connectivity index (χ0) is 33.7. The molecule has 0 spiro atoms. The molecule has 1 aromatic carbocycles. The van der Waals surface area contributed by atoms with Crippen molar-refractivity contribution in [1.82, 2.24) is 30.0 Å². The number of hydrogen-bond donors (Lipinski definition) is 4. The molecular weight excluding hydrogens is 620 g/mol. The van der Waals surface area contributed by atoms with Crippen LogP contribution in [0.2, 0.25) is 0 Å². The van der Waals surface area contributed by atoms with E-state index in [1.54, 1.807) is 12.1 Å². The van der Waals surface area contributed by atoms with E-state index < -0.39 is 0 Å². The number of hydrogen-bond acceptors (Lipinski definition) is 12. The zero-order valence-corrected chi connectivity index (χ0v) is 27.7. The molecule has 3 aromatic heterocycles. The third-order valence-electron chi connectivity index (χ3n) is 6.83. The van der Waals surface area contributed by atoms with Gasteiger partial charge in [-0.3, -0.25) is 9.48 Å². The van der Waals surface area contributed by atoms with Gasteiger partial charge in [-0.2, -0.15) is 10.1 Å². The van der Waals surface area contributed by atoms with Crippen molar-refractivity contribution in [2.24, 2.45) is 5.73 Å². The minimum absolute atomic E-state index is 0.182. The van der Waals surface area contributed by atoms with E-state index in [0.29, 0.717) is 104 Å². The van der Waals surface area contributed by atoms with E-state index in [9.17, 15) is 4.79 Å². The number of ether oxygens (including phenoxy) is 6. The van der Waals surface area contributed by atoms with E-state index in [0.717, 1.165) is 40.9 Å². The van der Waals surface area contributed by atoms with Crippen LogP contribution in [0.3, 0.4) is 0 Å². The molecule has 0 aliphatic heterocycles. The Balaban J connectivity index is 1.03. The Hall–Kier alpha value is -3.96. The Bertz CT molecular complexity index is 1460. The smallest absolute Gasteiger partial charge is 0.251 e. The Kier molecular flexibility index (Phi) is 16.8. The first kappa shape index (κ1) is 36.9. The summed E-state index contributed by atoms with van der Waals surface area (Å²) < 4.78 is 34.5. The summed E-state index contributed by atoms with van der Waals surface area (Å²) >= 11 is 0. The van der Waals surface area contributed by atoms with E-state index >= 15 is 0 Å². The first-order valence-corrected chi connectivity index (χ1v) is 16.4. The number of aromatic amines is 1. The molecule has 0 saturated carbocycles. The molecule has 48 heavy (non-hydrogen) atoms. The van der Waals surface area contributed by atoms with Crippen LogP contribution < -0.4 is 16.4 Å². The summed E-state index contributed by atoms with van der Waals surface area (Å²) in [6.45, 7) is 9.68. The lowest BCUT2D eigenvalue weighted by molar-refractivity contribution is -0.0162. The molecule has 0 fully saturated rings. The van der Waals surface area contributed by atoms with E-state index in [2.05, 4.69) is 32.6 Å². The molecule has 5 N–H and O–H groups in total. The molecule has 0 atom stereocenters. The highest BCUT2D eigenvalue weighted by Crippen LogP contribution is 2.27. The van der Waals surface area contributed by atoms with Crippen molar-refractivity contribution < 1.29 is 33.2 Å². The van der Waals surface area contributed by atoms with Gasteiger partial charge in [-0.25, -0.2) is 4.98 Å². The first-order chi connectivity index (χ1) is 23.7. The van der Waals surface area contributed by atoms with Gasteiger partial charge in [0, 0.05) is 54.2 Å². The van der Waals surface area contributed by atoms with E-state index in [4.69, 9.17) is 39.1 Å². The molecule has 4 aromatic rings. The van der Waals surface area contributed by atoms with Crippen LogP contribution in [0.15, 0.2) is 48.9 Å². The summed E-state index contributed by atoms with van der Waals surface area (Å²) in [4.78, 5) is 25.1. The van der Waals surface area contributed by atoms with Gasteiger partial charge in [0.2, 0.25) is 5.95 Å². The van der Waals surface area contributed by atoms with Gasteiger partial charge in [0.15, 0.2) is 0 Å². The van der Waals surface area contributed by atoms with Crippen LogP contribution in [0, 0.1) is 0 Å². The molecule has 0 bridgehead atoms. The highest BCUT2D eigenvalue weighted by molar-refractivity contribution is 5.94. The van der Waals surface area contributed by atoms with E-state index in [1.807, 2.05) is 41.5 Å². The molecule has 0 aliphatic carbocycles. The lowest BCUT2D eigenvalue weighted by Gasteiger charge is -2.10. The highest BCUT2D eigenvalue weighted by Gasteiger charge is 2.13.